The molecule has 0 amide bonds. The number of hydrogen-bond donors (Lipinski definition) is 0. The largest absolute Gasteiger partial charge is 0.480 e. The Balaban J connectivity index is 1.86. The van der Waals surface area contributed by atoms with E-state index >= 15 is 0 Å². The second-order valence-electron chi connectivity index (χ2n) is 5.59. The molecule has 5 nitrogen and oxygen atoms in total. The van der Waals surface area contributed by atoms with E-state index in [0.717, 1.165) is 16.5 Å². The fraction of sp³-hybridized carbons (Fsp3) is 0.105. The standard InChI is InChI=1S/C19H14ClN3O2/c1-11-6-5-7-12-10-14(18(24-2)21-16(11)12)17-22-19(25-23-17)13-8-3-4-9-15(13)20/h3-10H,1-2H3. The van der Waals surface area contributed by atoms with Crippen molar-refractivity contribution < 1.29 is 9.26 Å². The number of hydrogen-bond acceptors (Lipinski definition) is 5. The van der Waals surface area contributed by atoms with Crippen molar-refractivity contribution in [3.8, 4) is 28.7 Å². The average molecular weight is 352 g/mol. The topological polar surface area (TPSA) is 61.0 Å². The van der Waals surface area contributed by atoms with Crippen LogP contribution < -0.4 is 4.74 Å². The highest BCUT2D eigenvalue weighted by Gasteiger charge is 2.18. The molecular weight excluding hydrogens is 338 g/mol. The maximum atomic E-state index is 6.20. The van der Waals surface area contributed by atoms with E-state index in [1.54, 1.807) is 13.2 Å². The Labute approximate surface area is 149 Å². The SMILES string of the molecule is COc1nc2c(C)cccc2cc1-c1noc(-c2ccccc2Cl)n1. The molecule has 0 aliphatic carbocycles. The van der Waals surface area contributed by atoms with Crippen molar-refractivity contribution in [1.29, 1.82) is 0 Å². The Morgan fingerprint density at radius 1 is 1.00 bits per heavy atom. The molecule has 0 spiro atoms. The summed E-state index contributed by atoms with van der Waals surface area (Å²) in [7, 11) is 1.57. The van der Waals surface area contributed by atoms with E-state index in [1.165, 1.54) is 0 Å². The van der Waals surface area contributed by atoms with Gasteiger partial charge >= 0.3 is 0 Å². The molecule has 4 rings (SSSR count). The van der Waals surface area contributed by atoms with Crippen LogP contribution in [0.2, 0.25) is 5.02 Å². The number of halogens is 1. The van der Waals surface area contributed by atoms with E-state index in [2.05, 4.69) is 15.1 Å². The molecule has 2 aromatic heterocycles. The second-order valence-corrected chi connectivity index (χ2v) is 6.00. The first kappa shape index (κ1) is 15.6. The molecule has 6 heteroatoms. The smallest absolute Gasteiger partial charge is 0.259 e. The predicted molar refractivity (Wildman–Crippen MR) is 96.8 cm³/mol. The molecule has 0 aliphatic heterocycles. The van der Waals surface area contributed by atoms with Crippen LogP contribution in [0.4, 0.5) is 0 Å². The minimum atomic E-state index is 0.354. The van der Waals surface area contributed by atoms with Crippen molar-refractivity contribution in [3.63, 3.8) is 0 Å². The second kappa shape index (κ2) is 6.18. The number of para-hydroxylation sites is 1. The minimum absolute atomic E-state index is 0.354. The highest BCUT2D eigenvalue weighted by molar-refractivity contribution is 6.33. The Kier molecular flexibility index (Phi) is 3.86. The number of ether oxygens (including phenoxy) is 1. The van der Waals surface area contributed by atoms with Crippen LogP contribution >= 0.6 is 11.6 Å². The van der Waals surface area contributed by atoms with Crippen LogP contribution in [0.3, 0.4) is 0 Å². The Hall–Kier alpha value is -2.92. The summed E-state index contributed by atoms with van der Waals surface area (Å²) in [6.45, 7) is 2.01. The van der Waals surface area contributed by atoms with E-state index in [4.69, 9.17) is 20.9 Å². The third-order valence-electron chi connectivity index (χ3n) is 3.98. The quantitative estimate of drug-likeness (QED) is 0.524. The van der Waals surface area contributed by atoms with Crippen molar-refractivity contribution in [2.24, 2.45) is 0 Å². The van der Waals surface area contributed by atoms with Crippen molar-refractivity contribution in [2.75, 3.05) is 7.11 Å². The number of rotatable bonds is 3. The summed E-state index contributed by atoms with van der Waals surface area (Å²) in [5, 5.41) is 5.62. The van der Waals surface area contributed by atoms with Crippen molar-refractivity contribution in [2.45, 2.75) is 6.92 Å². The van der Waals surface area contributed by atoms with Gasteiger partial charge in [-0.15, -0.1) is 0 Å². The van der Waals surface area contributed by atoms with E-state index in [9.17, 15) is 0 Å². The third kappa shape index (κ3) is 2.72. The van der Waals surface area contributed by atoms with Gasteiger partial charge in [0.1, 0.15) is 0 Å². The Morgan fingerprint density at radius 3 is 2.64 bits per heavy atom. The zero-order chi connectivity index (χ0) is 17.4. The predicted octanol–water partition coefficient (Wildman–Crippen LogP) is 4.92. The molecule has 0 aliphatic rings. The van der Waals surface area contributed by atoms with Gasteiger partial charge in [0.05, 0.1) is 28.8 Å². The molecule has 0 fully saturated rings. The molecule has 0 saturated carbocycles. The summed E-state index contributed by atoms with van der Waals surface area (Å²) in [6, 6.07) is 15.3. The Morgan fingerprint density at radius 2 is 1.84 bits per heavy atom. The van der Waals surface area contributed by atoms with Gasteiger partial charge in [-0.2, -0.15) is 4.98 Å². The van der Waals surface area contributed by atoms with E-state index in [0.29, 0.717) is 33.7 Å². The van der Waals surface area contributed by atoms with Gasteiger partial charge in [-0.25, -0.2) is 4.98 Å². The maximum Gasteiger partial charge on any atom is 0.259 e. The zero-order valence-corrected chi connectivity index (χ0v) is 14.4. The van der Waals surface area contributed by atoms with Gasteiger partial charge in [0.15, 0.2) is 0 Å². The van der Waals surface area contributed by atoms with Gasteiger partial charge in [-0.1, -0.05) is 47.1 Å². The first-order valence-electron chi connectivity index (χ1n) is 7.70. The van der Waals surface area contributed by atoms with Crippen molar-refractivity contribution >= 4 is 22.5 Å². The van der Waals surface area contributed by atoms with E-state index < -0.39 is 0 Å². The van der Waals surface area contributed by atoms with Gasteiger partial charge in [0, 0.05) is 5.39 Å². The molecule has 0 unspecified atom stereocenters. The summed E-state index contributed by atoms with van der Waals surface area (Å²) >= 11 is 6.20. The van der Waals surface area contributed by atoms with Crippen molar-refractivity contribution in [3.05, 3.63) is 59.1 Å². The zero-order valence-electron chi connectivity index (χ0n) is 13.7. The molecule has 0 radical (unpaired) electrons. The average Bonchev–Trinajstić information content (AvgIpc) is 3.11. The maximum absolute atomic E-state index is 6.20. The highest BCUT2D eigenvalue weighted by Crippen LogP contribution is 2.33. The Bertz CT molecular complexity index is 1080. The molecule has 4 aromatic rings. The van der Waals surface area contributed by atoms with Crippen LogP contribution in [0, 0.1) is 6.92 Å². The van der Waals surface area contributed by atoms with Gasteiger partial charge in [0.2, 0.25) is 11.7 Å². The molecule has 0 saturated heterocycles. The number of fused-ring (bicyclic) bond motifs is 1. The highest BCUT2D eigenvalue weighted by atomic mass is 35.5. The first-order valence-corrected chi connectivity index (χ1v) is 8.08. The van der Waals surface area contributed by atoms with Gasteiger partial charge in [-0.05, 0) is 30.7 Å². The molecule has 0 N–H and O–H groups in total. The lowest BCUT2D eigenvalue weighted by molar-refractivity contribution is 0.399. The number of aryl methyl sites for hydroxylation is 1. The van der Waals surface area contributed by atoms with Crippen LogP contribution in [0.25, 0.3) is 33.7 Å². The van der Waals surface area contributed by atoms with Gasteiger partial charge in [-0.3, -0.25) is 0 Å². The lowest BCUT2D eigenvalue weighted by Crippen LogP contribution is -1.95. The minimum Gasteiger partial charge on any atom is -0.480 e. The van der Waals surface area contributed by atoms with Gasteiger partial charge in [0.25, 0.3) is 5.89 Å². The normalized spacial score (nSPS) is 11.0. The number of aromatic nitrogens is 3. The number of pyridine rings is 1. The van der Waals surface area contributed by atoms with Crippen LogP contribution in [0.1, 0.15) is 5.56 Å². The molecule has 0 atom stereocenters. The summed E-state index contributed by atoms with van der Waals surface area (Å²) in [6.07, 6.45) is 0. The van der Waals surface area contributed by atoms with Gasteiger partial charge < -0.3 is 9.26 Å². The summed E-state index contributed by atoms with van der Waals surface area (Å²) in [5.41, 5.74) is 3.32. The summed E-state index contributed by atoms with van der Waals surface area (Å²) in [4.78, 5) is 9.07. The van der Waals surface area contributed by atoms with Crippen LogP contribution in [-0.2, 0) is 0 Å². The van der Waals surface area contributed by atoms with Crippen molar-refractivity contribution in [1.82, 2.24) is 15.1 Å². The lowest BCUT2D eigenvalue weighted by Gasteiger charge is -2.08. The molecular formula is C19H14ClN3O2. The van der Waals surface area contributed by atoms with Crippen LogP contribution in [0.15, 0.2) is 53.1 Å². The number of nitrogens with zero attached hydrogens (tertiary/aromatic N) is 3. The van der Waals surface area contributed by atoms with E-state index in [-0.39, 0.29) is 0 Å². The molecule has 25 heavy (non-hydrogen) atoms. The molecule has 124 valence electrons. The lowest BCUT2D eigenvalue weighted by atomic mass is 10.1. The summed E-state index contributed by atoms with van der Waals surface area (Å²) in [5.74, 6) is 1.21. The molecule has 0 bridgehead atoms. The summed E-state index contributed by atoms with van der Waals surface area (Å²) < 4.78 is 10.8. The van der Waals surface area contributed by atoms with Crippen LogP contribution in [0.5, 0.6) is 5.88 Å². The third-order valence-corrected chi connectivity index (χ3v) is 4.31. The van der Waals surface area contributed by atoms with E-state index in [1.807, 2.05) is 49.4 Å². The molecule has 2 aromatic carbocycles. The monoisotopic (exact) mass is 351 g/mol. The van der Waals surface area contributed by atoms with Crippen LogP contribution in [-0.4, -0.2) is 22.2 Å². The fourth-order valence-corrected chi connectivity index (χ4v) is 2.94. The fourth-order valence-electron chi connectivity index (χ4n) is 2.72. The molecule has 2 heterocycles. The number of methoxy groups -OCH3 is 1. The number of benzene rings is 2. The first-order chi connectivity index (χ1) is 12.2.